The minimum atomic E-state index is -3.69. The highest BCUT2D eigenvalue weighted by molar-refractivity contribution is 7.86. The molecule has 6 heteroatoms. The van der Waals surface area contributed by atoms with Crippen LogP contribution < -0.4 is 0 Å². The van der Waals surface area contributed by atoms with Gasteiger partial charge in [-0.2, -0.15) is 8.42 Å². The molecule has 1 aromatic rings. The molecule has 1 aliphatic carbocycles. The van der Waals surface area contributed by atoms with Gasteiger partial charge in [-0.1, -0.05) is 17.7 Å². The number of rotatable bonds is 5. The fourth-order valence-corrected chi connectivity index (χ4v) is 3.88. The maximum atomic E-state index is 12.2. The monoisotopic (exact) mass is 339 g/mol. The fraction of sp³-hybridized carbons (Fsp3) is 0.588. The van der Waals surface area contributed by atoms with Gasteiger partial charge in [0, 0.05) is 20.0 Å². The number of hydrogen-bond donors (Lipinski definition) is 0. The number of benzene rings is 1. The summed E-state index contributed by atoms with van der Waals surface area (Å²) in [6, 6.07) is 6.65. The average molecular weight is 339 g/mol. The van der Waals surface area contributed by atoms with Gasteiger partial charge in [0.05, 0.1) is 11.5 Å². The summed E-state index contributed by atoms with van der Waals surface area (Å²) in [6.07, 6.45) is 3.26. The summed E-state index contributed by atoms with van der Waals surface area (Å²) in [5, 5.41) is 0. The zero-order valence-corrected chi connectivity index (χ0v) is 14.8. The molecule has 0 aromatic heterocycles. The lowest BCUT2D eigenvalue weighted by Crippen LogP contribution is -2.33. The second kappa shape index (κ2) is 7.45. The Hall–Kier alpha value is -1.40. The molecule has 0 heterocycles. The topological polar surface area (TPSA) is 63.7 Å². The third-order valence-electron chi connectivity index (χ3n) is 4.41. The lowest BCUT2D eigenvalue weighted by molar-refractivity contribution is -0.134. The molecule has 0 radical (unpaired) electrons. The minimum absolute atomic E-state index is 0.0648. The van der Waals surface area contributed by atoms with E-state index in [-0.39, 0.29) is 29.2 Å². The van der Waals surface area contributed by atoms with Gasteiger partial charge in [0.25, 0.3) is 10.1 Å². The van der Waals surface area contributed by atoms with Crippen molar-refractivity contribution in [2.75, 3.05) is 20.7 Å². The molecule has 5 nitrogen and oxygen atoms in total. The second-order valence-corrected chi connectivity index (χ2v) is 8.12. The normalized spacial score (nSPS) is 21.9. The molecule has 0 saturated heterocycles. The van der Waals surface area contributed by atoms with Gasteiger partial charge >= 0.3 is 0 Å². The van der Waals surface area contributed by atoms with Crippen molar-refractivity contribution < 1.29 is 17.4 Å². The summed E-state index contributed by atoms with van der Waals surface area (Å²) in [7, 11) is -0.156. The van der Waals surface area contributed by atoms with E-state index in [1.807, 2.05) is 6.92 Å². The molecule has 1 fully saturated rings. The van der Waals surface area contributed by atoms with E-state index < -0.39 is 10.1 Å². The van der Waals surface area contributed by atoms with Crippen LogP contribution in [0.2, 0.25) is 0 Å². The Bertz CT molecular complexity index is 629. The first kappa shape index (κ1) is 17.9. The standard InChI is InChI=1S/C17H25NO4S/c1-13-4-10-16(11-5-13)23(20,21)22-12-14-6-8-15(9-7-14)17(19)18(2)3/h4-5,10-11,14-15H,6-9,12H2,1-3H3/t14-,15-. The van der Waals surface area contributed by atoms with Gasteiger partial charge in [-0.15, -0.1) is 0 Å². The van der Waals surface area contributed by atoms with Crippen LogP contribution in [0.1, 0.15) is 31.2 Å². The van der Waals surface area contributed by atoms with Gasteiger partial charge in [-0.25, -0.2) is 0 Å². The molecule has 1 aliphatic rings. The van der Waals surface area contributed by atoms with Crippen molar-refractivity contribution in [1.29, 1.82) is 0 Å². The third kappa shape index (κ3) is 4.78. The number of amides is 1. The van der Waals surface area contributed by atoms with Crippen molar-refractivity contribution in [3.05, 3.63) is 29.8 Å². The van der Waals surface area contributed by atoms with Crippen LogP contribution in [0.4, 0.5) is 0 Å². The molecule has 0 bridgehead atoms. The van der Waals surface area contributed by atoms with Gasteiger partial charge in [-0.05, 0) is 50.7 Å². The fourth-order valence-electron chi connectivity index (χ4n) is 2.90. The first-order valence-corrected chi connectivity index (χ1v) is 9.37. The molecular weight excluding hydrogens is 314 g/mol. The van der Waals surface area contributed by atoms with Gasteiger partial charge in [0.1, 0.15) is 0 Å². The molecule has 23 heavy (non-hydrogen) atoms. The Morgan fingerprint density at radius 3 is 2.22 bits per heavy atom. The molecule has 0 N–H and O–H groups in total. The average Bonchev–Trinajstić information content (AvgIpc) is 2.53. The van der Waals surface area contributed by atoms with Crippen LogP contribution in [0.25, 0.3) is 0 Å². The highest BCUT2D eigenvalue weighted by Crippen LogP contribution is 2.30. The maximum Gasteiger partial charge on any atom is 0.296 e. The number of aryl methyl sites for hydroxylation is 1. The number of nitrogens with zero attached hydrogens (tertiary/aromatic N) is 1. The number of carbonyl (C=O) groups excluding carboxylic acids is 1. The SMILES string of the molecule is Cc1ccc(S(=O)(=O)OC[C@H]2CC[C@H](C(=O)N(C)C)CC2)cc1. The van der Waals surface area contributed by atoms with Gasteiger partial charge in [0.2, 0.25) is 5.91 Å². The molecule has 0 spiro atoms. The van der Waals surface area contributed by atoms with E-state index in [2.05, 4.69) is 0 Å². The molecule has 1 aromatic carbocycles. The Morgan fingerprint density at radius 2 is 1.70 bits per heavy atom. The molecule has 0 atom stereocenters. The summed E-state index contributed by atoms with van der Waals surface area (Å²) in [6.45, 7) is 2.10. The van der Waals surface area contributed by atoms with E-state index in [0.29, 0.717) is 0 Å². The zero-order valence-electron chi connectivity index (χ0n) is 14.0. The van der Waals surface area contributed by atoms with Gasteiger partial charge in [-0.3, -0.25) is 8.98 Å². The molecule has 1 amide bonds. The van der Waals surface area contributed by atoms with Crippen molar-refractivity contribution >= 4 is 16.0 Å². The van der Waals surface area contributed by atoms with Gasteiger partial charge < -0.3 is 4.90 Å². The number of hydrogen-bond acceptors (Lipinski definition) is 4. The highest BCUT2D eigenvalue weighted by atomic mass is 32.2. The first-order valence-electron chi connectivity index (χ1n) is 7.97. The summed E-state index contributed by atoms with van der Waals surface area (Å²) in [5.41, 5.74) is 1.01. The zero-order chi connectivity index (χ0) is 17.0. The molecule has 1 saturated carbocycles. The lowest BCUT2D eigenvalue weighted by Gasteiger charge is -2.29. The summed E-state index contributed by atoms with van der Waals surface area (Å²) >= 11 is 0. The molecule has 128 valence electrons. The third-order valence-corrected chi connectivity index (χ3v) is 5.70. The minimum Gasteiger partial charge on any atom is -0.349 e. The Labute approximate surface area is 138 Å². The van der Waals surface area contributed by atoms with E-state index in [0.717, 1.165) is 31.2 Å². The predicted octanol–water partition coefficient (Wildman–Crippen LogP) is 2.59. The lowest BCUT2D eigenvalue weighted by atomic mass is 9.82. The van der Waals surface area contributed by atoms with Crippen LogP contribution in [-0.2, 0) is 19.1 Å². The van der Waals surface area contributed by atoms with Crippen molar-refractivity contribution in [2.45, 2.75) is 37.5 Å². The van der Waals surface area contributed by atoms with E-state index in [1.165, 1.54) is 0 Å². The largest absolute Gasteiger partial charge is 0.349 e. The molecule has 2 rings (SSSR count). The van der Waals surface area contributed by atoms with E-state index in [4.69, 9.17) is 4.18 Å². The maximum absolute atomic E-state index is 12.2. The first-order chi connectivity index (χ1) is 10.8. The van der Waals surface area contributed by atoms with E-state index >= 15 is 0 Å². The summed E-state index contributed by atoms with van der Waals surface area (Å²) < 4.78 is 29.5. The van der Waals surface area contributed by atoms with Crippen LogP contribution in [-0.4, -0.2) is 39.9 Å². The second-order valence-electron chi connectivity index (χ2n) is 6.50. The summed E-state index contributed by atoms with van der Waals surface area (Å²) in [5.74, 6) is 0.424. The van der Waals surface area contributed by atoms with Crippen LogP contribution in [0.3, 0.4) is 0 Å². The molecule has 0 unspecified atom stereocenters. The quantitative estimate of drug-likeness (QED) is 0.774. The van der Waals surface area contributed by atoms with Crippen LogP contribution in [0, 0.1) is 18.8 Å². The van der Waals surface area contributed by atoms with Crippen LogP contribution in [0.5, 0.6) is 0 Å². The predicted molar refractivity (Wildman–Crippen MR) is 88.5 cm³/mol. The number of carbonyl (C=O) groups is 1. The van der Waals surface area contributed by atoms with E-state index in [9.17, 15) is 13.2 Å². The molecule has 0 aliphatic heterocycles. The van der Waals surface area contributed by atoms with Crippen molar-refractivity contribution in [3.8, 4) is 0 Å². The van der Waals surface area contributed by atoms with Crippen molar-refractivity contribution in [1.82, 2.24) is 4.90 Å². The Kier molecular flexibility index (Phi) is 5.81. The van der Waals surface area contributed by atoms with Crippen LogP contribution >= 0.6 is 0 Å². The molecular formula is C17H25NO4S. The highest BCUT2D eigenvalue weighted by Gasteiger charge is 2.28. The summed E-state index contributed by atoms with van der Waals surface area (Å²) in [4.78, 5) is 13.8. The van der Waals surface area contributed by atoms with Gasteiger partial charge in [0.15, 0.2) is 0 Å². The smallest absolute Gasteiger partial charge is 0.296 e. The van der Waals surface area contributed by atoms with Crippen molar-refractivity contribution in [3.63, 3.8) is 0 Å². The van der Waals surface area contributed by atoms with Crippen molar-refractivity contribution in [2.24, 2.45) is 11.8 Å². The van der Waals surface area contributed by atoms with Crippen LogP contribution in [0.15, 0.2) is 29.2 Å². The van der Waals surface area contributed by atoms with E-state index in [1.54, 1.807) is 43.3 Å². The Morgan fingerprint density at radius 1 is 1.13 bits per heavy atom. The Balaban J connectivity index is 1.85.